The van der Waals surface area contributed by atoms with E-state index in [0.717, 1.165) is 13.0 Å². The Morgan fingerprint density at radius 3 is 2.89 bits per heavy atom. The Labute approximate surface area is 113 Å². The van der Waals surface area contributed by atoms with E-state index in [1.54, 1.807) is 0 Å². The van der Waals surface area contributed by atoms with Crippen molar-refractivity contribution in [1.82, 2.24) is 10.3 Å². The van der Waals surface area contributed by atoms with E-state index >= 15 is 0 Å². The Hall–Kier alpha value is -1.16. The first-order valence-corrected chi connectivity index (χ1v) is 7.00. The molecule has 5 nitrogen and oxygen atoms in total. The van der Waals surface area contributed by atoms with Crippen LogP contribution < -0.4 is 5.32 Å². The highest BCUT2D eigenvalue weighted by Crippen LogP contribution is 2.19. The van der Waals surface area contributed by atoms with Gasteiger partial charge < -0.3 is 5.32 Å². The van der Waals surface area contributed by atoms with Crippen molar-refractivity contribution in [2.24, 2.45) is 0 Å². The van der Waals surface area contributed by atoms with Gasteiger partial charge in [0.2, 0.25) is 0 Å². The number of hydrogen-bond donors (Lipinski definition) is 1. The second-order valence-electron chi connectivity index (χ2n) is 4.01. The van der Waals surface area contributed by atoms with E-state index in [1.165, 1.54) is 18.3 Å². The van der Waals surface area contributed by atoms with Crippen LogP contribution in [0.3, 0.4) is 0 Å². The summed E-state index contributed by atoms with van der Waals surface area (Å²) in [5.74, 6) is 0. The fraction of sp³-hybridized carbons (Fsp3) is 0.455. The van der Waals surface area contributed by atoms with Gasteiger partial charge in [-0.2, -0.15) is 5.26 Å². The maximum Gasteiger partial charge on any atom is 0.199 e. The largest absolute Gasteiger partial charge is 0.315 e. The molecule has 2 heterocycles. The van der Waals surface area contributed by atoms with Crippen molar-refractivity contribution in [3.8, 4) is 6.07 Å². The summed E-state index contributed by atoms with van der Waals surface area (Å²) in [6.07, 6.45) is 2.86. The molecular weight excluding hydrogens is 274 g/mol. The maximum absolute atomic E-state index is 12.2. The van der Waals surface area contributed by atoms with Crippen molar-refractivity contribution in [1.29, 1.82) is 5.26 Å². The van der Waals surface area contributed by atoms with Crippen molar-refractivity contribution in [2.45, 2.75) is 23.1 Å². The van der Waals surface area contributed by atoms with Crippen molar-refractivity contribution in [3.63, 3.8) is 0 Å². The van der Waals surface area contributed by atoms with Crippen molar-refractivity contribution in [2.75, 3.05) is 13.1 Å². The number of hydrogen-bond acceptors (Lipinski definition) is 5. The molecule has 1 aliphatic heterocycles. The second kappa shape index (κ2) is 6.14. The van der Waals surface area contributed by atoms with Crippen molar-refractivity contribution < 1.29 is 8.42 Å². The number of pyridine rings is 1. The molecule has 0 aliphatic carbocycles. The lowest BCUT2D eigenvalue weighted by atomic mass is 10.2. The zero-order valence-electron chi connectivity index (χ0n) is 9.67. The minimum Gasteiger partial charge on any atom is -0.315 e. The van der Waals surface area contributed by atoms with Gasteiger partial charge in [0.25, 0.3) is 0 Å². The number of rotatable bonds is 2. The minimum atomic E-state index is -3.42. The minimum absolute atomic E-state index is 0. The summed E-state index contributed by atoms with van der Waals surface area (Å²) in [6.45, 7) is 1.32. The molecule has 1 atom stereocenters. The van der Waals surface area contributed by atoms with E-state index in [9.17, 15) is 8.42 Å². The van der Waals surface area contributed by atoms with Gasteiger partial charge in [0.05, 0.1) is 16.9 Å². The van der Waals surface area contributed by atoms with Crippen LogP contribution in [0.4, 0.5) is 0 Å². The Bertz CT molecular complexity index is 548. The van der Waals surface area contributed by atoms with Gasteiger partial charge in [-0.1, -0.05) is 0 Å². The maximum atomic E-state index is 12.2. The molecule has 1 aromatic rings. The SMILES string of the molecule is Cl.N#Cc1ccnc(S(=O)(=O)C2CCCNC2)c1. The van der Waals surface area contributed by atoms with Gasteiger partial charge in [0, 0.05) is 12.7 Å². The number of nitriles is 1. The molecule has 0 amide bonds. The fourth-order valence-electron chi connectivity index (χ4n) is 1.89. The van der Waals surface area contributed by atoms with Gasteiger partial charge in [-0.25, -0.2) is 13.4 Å². The molecule has 0 saturated carbocycles. The average molecular weight is 288 g/mol. The van der Waals surface area contributed by atoms with Crippen LogP contribution in [0.1, 0.15) is 18.4 Å². The molecule has 0 aromatic carbocycles. The first-order valence-electron chi connectivity index (χ1n) is 5.45. The van der Waals surface area contributed by atoms with Crippen LogP contribution in [0.25, 0.3) is 0 Å². The highest BCUT2D eigenvalue weighted by molar-refractivity contribution is 7.92. The van der Waals surface area contributed by atoms with E-state index < -0.39 is 15.1 Å². The average Bonchev–Trinajstić information content (AvgIpc) is 2.40. The molecule has 0 radical (unpaired) electrons. The molecule has 1 saturated heterocycles. The summed E-state index contributed by atoms with van der Waals surface area (Å²) >= 11 is 0. The van der Waals surface area contributed by atoms with Crippen LogP contribution in [-0.4, -0.2) is 31.7 Å². The van der Waals surface area contributed by atoms with Crippen LogP contribution in [0.2, 0.25) is 0 Å². The Morgan fingerprint density at radius 2 is 2.28 bits per heavy atom. The number of aromatic nitrogens is 1. The monoisotopic (exact) mass is 287 g/mol. The molecule has 98 valence electrons. The first kappa shape index (κ1) is 14.9. The standard InChI is InChI=1S/C11H13N3O2S.ClH/c12-7-9-3-5-14-11(6-9)17(15,16)10-2-1-4-13-8-10;/h3,5-6,10,13H,1-2,4,8H2;1H. The van der Waals surface area contributed by atoms with Crippen LogP contribution >= 0.6 is 12.4 Å². The van der Waals surface area contributed by atoms with E-state index in [0.29, 0.717) is 18.5 Å². The molecule has 2 rings (SSSR count). The number of nitrogens with zero attached hydrogens (tertiary/aromatic N) is 2. The first-order chi connectivity index (χ1) is 8.14. The summed E-state index contributed by atoms with van der Waals surface area (Å²) in [4.78, 5) is 3.87. The van der Waals surface area contributed by atoms with Gasteiger partial charge in [-0.05, 0) is 31.5 Å². The third-order valence-electron chi connectivity index (χ3n) is 2.85. The summed E-state index contributed by atoms with van der Waals surface area (Å²) in [5.41, 5.74) is 0.322. The van der Waals surface area contributed by atoms with Crippen molar-refractivity contribution >= 4 is 22.2 Å². The van der Waals surface area contributed by atoms with E-state index in [-0.39, 0.29) is 17.4 Å². The van der Waals surface area contributed by atoms with Gasteiger partial charge in [-0.15, -0.1) is 12.4 Å². The quantitative estimate of drug-likeness (QED) is 0.874. The lowest BCUT2D eigenvalue weighted by Gasteiger charge is -2.22. The molecule has 7 heteroatoms. The number of sulfone groups is 1. The Kier molecular flexibility index (Phi) is 5.08. The Balaban J connectivity index is 0.00000162. The van der Waals surface area contributed by atoms with Crippen LogP contribution in [0, 0.1) is 11.3 Å². The summed E-state index contributed by atoms with van der Waals surface area (Å²) in [7, 11) is -3.42. The van der Waals surface area contributed by atoms with E-state index in [4.69, 9.17) is 5.26 Å². The van der Waals surface area contributed by atoms with Gasteiger partial charge in [0.1, 0.15) is 0 Å². The molecule has 0 spiro atoms. The number of halogens is 1. The summed E-state index contributed by atoms with van der Waals surface area (Å²) in [5, 5.41) is 11.4. The normalized spacial score (nSPS) is 19.6. The highest BCUT2D eigenvalue weighted by Gasteiger charge is 2.30. The zero-order chi connectivity index (χ0) is 12.3. The predicted molar refractivity (Wildman–Crippen MR) is 69.3 cm³/mol. The molecule has 1 aromatic heterocycles. The molecule has 1 unspecified atom stereocenters. The van der Waals surface area contributed by atoms with Crippen molar-refractivity contribution in [3.05, 3.63) is 23.9 Å². The van der Waals surface area contributed by atoms with Gasteiger partial charge in [0.15, 0.2) is 14.9 Å². The number of nitrogens with one attached hydrogen (secondary N) is 1. The molecule has 1 aliphatic rings. The Morgan fingerprint density at radius 1 is 1.50 bits per heavy atom. The molecule has 0 bridgehead atoms. The van der Waals surface area contributed by atoms with E-state index in [2.05, 4.69) is 10.3 Å². The number of piperidine rings is 1. The third kappa shape index (κ3) is 2.99. The fourth-order valence-corrected chi connectivity index (χ4v) is 3.54. The second-order valence-corrected chi connectivity index (χ2v) is 6.18. The van der Waals surface area contributed by atoms with Gasteiger partial charge >= 0.3 is 0 Å². The predicted octanol–water partition coefficient (Wildman–Crippen LogP) is 0.901. The van der Waals surface area contributed by atoms with E-state index in [1.807, 2.05) is 6.07 Å². The van der Waals surface area contributed by atoms with Crippen LogP contribution in [0.5, 0.6) is 0 Å². The summed E-state index contributed by atoms with van der Waals surface area (Å²) < 4.78 is 24.5. The highest BCUT2D eigenvalue weighted by atomic mass is 35.5. The molecule has 1 fully saturated rings. The molecule has 1 N–H and O–H groups in total. The third-order valence-corrected chi connectivity index (χ3v) is 4.93. The van der Waals surface area contributed by atoms with Gasteiger partial charge in [-0.3, -0.25) is 0 Å². The summed E-state index contributed by atoms with van der Waals surface area (Å²) in [6, 6.07) is 4.76. The van der Waals surface area contributed by atoms with Crippen LogP contribution in [0.15, 0.2) is 23.4 Å². The topological polar surface area (TPSA) is 82.8 Å². The molecular formula is C11H14ClN3O2S. The van der Waals surface area contributed by atoms with Crippen LogP contribution in [-0.2, 0) is 9.84 Å². The zero-order valence-corrected chi connectivity index (χ0v) is 11.3. The molecule has 18 heavy (non-hydrogen) atoms. The smallest absolute Gasteiger partial charge is 0.199 e. The lowest BCUT2D eigenvalue weighted by molar-refractivity contribution is 0.495. The lowest BCUT2D eigenvalue weighted by Crippen LogP contribution is -2.39.